The second-order valence-electron chi connectivity index (χ2n) is 4.85. The molecule has 0 radical (unpaired) electrons. The van der Waals surface area contributed by atoms with Gasteiger partial charge in [0.05, 0.1) is 20.9 Å². The number of primary amides is 1. The van der Waals surface area contributed by atoms with Gasteiger partial charge >= 0.3 is 0 Å². The van der Waals surface area contributed by atoms with E-state index in [-0.39, 0.29) is 22.8 Å². The number of nitro groups is 1. The summed E-state index contributed by atoms with van der Waals surface area (Å²) in [7, 11) is 0. The van der Waals surface area contributed by atoms with Crippen molar-refractivity contribution in [1.82, 2.24) is 5.32 Å². The molecule has 108 valence electrons. The molecule has 1 aromatic rings. The summed E-state index contributed by atoms with van der Waals surface area (Å²) in [5.41, 5.74) is 3.99. The molecule has 2 amide bonds. The number of halogens is 1. The van der Waals surface area contributed by atoms with E-state index >= 15 is 0 Å². The van der Waals surface area contributed by atoms with Gasteiger partial charge < -0.3 is 11.1 Å². The topological polar surface area (TPSA) is 115 Å². The number of nitrogens with zero attached hydrogens (tertiary/aromatic N) is 1. The molecule has 7 nitrogen and oxygen atoms in total. The number of nitro benzene ring substituents is 1. The van der Waals surface area contributed by atoms with Crippen molar-refractivity contribution in [3.63, 3.8) is 0 Å². The zero-order chi connectivity index (χ0) is 15.5. The molecule has 8 heteroatoms. The molecule has 0 spiro atoms. The molecule has 1 aromatic carbocycles. The Labute approximate surface area is 120 Å². The monoisotopic (exact) mass is 299 g/mol. The molecule has 0 bridgehead atoms. The molecule has 0 saturated carbocycles. The summed E-state index contributed by atoms with van der Waals surface area (Å²) in [6, 6.07) is 3.55. The highest BCUT2D eigenvalue weighted by molar-refractivity contribution is 6.33. The van der Waals surface area contributed by atoms with E-state index in [9.17, 15) is 19.7 Å². The number of hydrogen-bond donors (Lipinski definition) is 2. The number of amides is 2. The third-order valence-corrected chi connectivity index (χ3v) is 3.09. The number of carbonyl (C=O) groups is 2. The van der Waals surface area contributed by atoms with Crippen molar-refractivity contribution in [3.05, 3.63) is 38.9 Å². The first kappa shape index (κ1) is 15.9. The SMILES string of the molecule is CC(C)(CNC(=O)c1cc([N+](=O)[O-])ccc1Cl)C(N)=O. The van der Waals surface area contributed by atoms with Gasteiger partial charge in [-0.25, -0.2) is 0 Å². The van der Waals surface area contributed by atoms with Crippen molar-refractivity contribution in [2.75, 3.05) is 6.54 Å². The van der Waals surface area contributed by atoms with Crippen LogP contribution < -0.4 is 11.1 Å². The lowest BCUT2D eigenvalue weighted by Crippen LogP contribution is -2.42. The van der Waals surface area contributed by atoms with Crippen LogP contribution in [0.3, 0.4) is 0 Å². The summed E-state index contributed by atoms with van der Waals surface area (Å²) in [4.78, 5) is 33.1. The fourth-order valence-corrected chi connectivity index (χ4v) is 1.49. The normalized spacial score (nSPS) is 10.9. The maximum absolute atomic E-state index is 11.9. The lowest BCUT2D eigenvalue weighted by molar-refractivity contribution is -0.384. The first-order valence-electron chi connectivity index (χ1n) is 5.67. The minimum atomic E-state index is -0.928. The van der Waals surface area contributed by atoms with E-state index in [1.807, 2.05) is 0 Å². The maximum Gasteiger partial charge on any atom is 0.270 e. The fraction of sp³-hybridized carbons (Fsp3) is 0.333. The van der Waals surface area contributed by atoms with Crippen LogP contribution in [0.15, 0.2) is 18.2 Å². The Morgan fingerprint density at radius 1 is 1.45 bits per heavy atom. The second-order valence-corrected chi connectivity index (χ2v) is 5.26. The molecule has 0 heterocycles. The Morgan fingerprint density at radius 2 is 2.05 bits per heavy atom. The summed E-state index contributed by atoms with van der Waals surface area (Å²) in [6.07, 6.45) is 0. The van der Waals surface area contributed by atoms with Gasteiger partial charge in [-0.2, -0.15) is 0 Å². The first-order valence-corrected chi connectivity index (χ1v) is 6.05. The van der Waals surface area contributed by atoms with Crippen molar-refractivity contribution in [3.8, 4) is 0 Å². The summed E-state index contributed by atoms with van der Waals surface area (Å²) in [6.45, 7) is 3.15. The van der Waals surface area contributed by atoms with Gasteiger partial charge in [0.25, 0.3) is 11.6 Å². The fourth-order valence-electron chi connectivity index (χ4n) is 1.28. The lowest BCUT2D eigenvalue weighted by Gasteiger charge is -2.20. The molecule has 0 unspecified atom stereocenters. The van der Waals surface area contributed by atoms with Crippen LogP contribution in [0.4, 0.5) is 5.69 Å². The van der Waals surface area contributed by atoms with Crippen LogP contribution in [0.2, 0.25) is 5.02 Å². The molecule has 1 rings (SSSR count). The zero-order valence-electron chi connectivity index (χ0n) is 11.0. The van der Waals surface area contributed by atoms with E-state index in [2.05, 4.69) is 5.32 Å². The van der Waals surface area contributed by atoms with E-state index in [1.165, 1.54) is 12.1 Å². The van der Waals surface area contributed by atoms with E-state index < -0.39 is 22.2 Å². The van der Waals surface area contributed by atoms with Gasteiger partial charge in [0.1, 0.15) is 0 Å². The molecule has 0 aromatic heterocycles. The number of rotatable bonds is 5. The Hall–Kier alpha value is -2.15. The molecule has 0 aliphatic carbocycles. The Morgan fingerprint density at radius 3 is 2.55 bits per heavy atom. The average molecular weight is 300 g/mol. The van der Waals surface area contributed by atoms with Crippen LogP contribution in [-0.2, 0) is 4.79 Å². The van der Waals surface area contributed by atoms with E-state index in [1.54, 1.807) is 13.8 Å². The van der Waals surface area contributed by atoms with Crippen LogP contribution in [0.25, 0.3) is 0 Å². The van der Waals surface area contributed by atoms with Crippen molar-refractivity contribution >= 4 is 29.1 Å². The lowest BCUT2D eigenvalue weighted by atomic mass is 9.92. The van der Waals surface area contributed by atoms with Crippen LogP contribution >= 0.6 is 11.6 Å². The number of benzene rings is 1. The van der Waals surface area contributed by atoms with E-state index in [4.69, 9.17) is 17.3 Å². The summed E-state index contributed by atoms with van der Waals surface area (Å²) in [5.74, 6) is -1.17. The standard InChI is InChI=1S/C12H14ClN3O4/c1-12(2,11(14)18)6-15-10(17)8-5-7(16(19)20)3-4-9(8)13/h3-5H,6H2,1-2H3,(H2,14,18)(H,15,17). The van der Waals surface area contributed by atoms with Crippen LogP contribution in [0.1, 0.15) is 24.2 Å². The summed E-state index contributed by atoms with van der Waals surface area (Å²) >= 11 is 5.83. The minimum absolute atomic E-state index is 0.000186. The van der Waals surface area contributed by atoms with Crippen LogP contribution in [0, 0.1) is 15.5 Å². The molecular weight excluding hydrogens is 286 g/mol. The molecule has 0 fully saturated rings. The second kappa shape index (κ2) is 5.87. The molecule has 0 atom stereocenters. The summed E-state index contributed by atoms with van der Waals surface area (Å²) in [5, 5.41) is 13.2. The predicted molar refractivity (Wildman–Crippen MR) is 73.4 cm³/mol. The third kappa shape index (κ3) is 3.67. The molecule has 0 saturated heterocycles. The maximum atomic E-state index is 11.9. The zero-order valence-corrected chi connectivity index (χ0v) is 11.7. The van der Waals surface area contributed by atoms with Gasteiger partial charge in [0.15, 0.2) is 0 Å². The number of nitrogens with one attached hydrogen (secondary N) is 1. The van der Waals surface area contributed by atoms with Gasteiger partial charge in [-0.15, -0.1) is 0 Å². The molecule has 3 N–H and O–H groups in total. The Balaban J connectivity index is 2.90. The quantitative estimate of drug-likeness (QED) is 0.633. The molecule has 0 aliphatic rings. The Kier molecular flexibility index (Phi) is 4.67. The van der Waals surface area contributed by atoms with Gasteiger partial charge in [-0.3, -0.25) is 19.7 Å². The van der Waals surface area contributed by atoms with Crippen molar-refractivity contribution in [2.45, 2.75) is 13.8 Å². The van der Waals surface area contributed by atoms with Gasteiger partial charge in [-0.05, 0) is 19.9 Å². The van der Waals surface area contributed by atoms with Crippen molar-refractivity contribution < 1.29 is 14.5 Å². The molecular formula is C12H14ClN3O4. The largest absolute Gasteiger partial charge is 0.369 e. The smallest absolute Gasteiger partial charge is 0.270 e. The van der Waals surface area contributed by atoms with Crippen LogP contribution in [-0.4, -0.2) is 23.3 Å². The molecule has 20 heavy (non-hydrogen) atoms. The third-order valence-electron chi connectivity index (χ3n) is 2.76. The van der Waals surface area contributed by atoms with E-state index in [0.29, 0.717) is 0 Å². The minimum Gasteiger partial charge on any atom is -0.369 e. The Bertz CT molecular complexity index is 572. The van der Waals surface area contributed by atoms with Gasteiger partial charge in [-0.1, -0.05) is 11.6 Å². The summed E-state index contributed by atoms with van der Waals surface area (Å²) < 4.78 is 0. The van der Waals surface area contributed by atoms with Gasteiger partial charge in [0.2, 0.25) is 5.91 Å². The number of hydrogen-bond acceptors (Lipinski definition) is 4. The highest BCUT2D eigenvalue weighted by Gasteiger charge is 2.26. The average Bonchev–Trinajstić information content (AvgIpc) is 2.36. The highest BCUT2D eigenvalue weighted by atomic mass is 35.5. The van der Waals surface area contributed by atoms with Crippen molar-refractivity contribution in [2.24, 2.45) is 11.1 Å². The van der Waals surface area contributed by atoms with Crippen LogP contribution in [0.5, 0.6) is 0 Å². The van der Waals surface area contributed by atoms with Gasteiger partial charge in [0, 0.05) is 18.7 Å². The molecule has 0 aliphatic heterocycles. The van der Waals surface area contributed by atoms with E-state index in [0.717, 1.165) is 6.07 Å². The van der Waals surface area contributed by atoms with Crippen molar-refractivity contribution in [1.29, 1.82) is 0 Å². The predicted octanol–water partition coefficient (Wildman–Crippen LogP) is 1.49. The number of carbonyl (C=O) groups excluding carboxylic acids is 2. The number of non-ortho nitro benzene ring substituents is 1. The number of nitrogens with two attached hydrogens (primary N) is 1. The first-order chi connectivity index (χ1) is 9.15. The highest BCUT2D eigenvalue weighted by Crippen LogP contribution is 2.22.